The Morgan fingerprint density at radius 2 is 1.13 bits per heavy atom. The van der Waals surface area contributed by atoms with Gasteiger partial charge in [-0.25, -0.2) is 19.2 Å². The van der Waals surface area contributed by atoms with Crippen molar-refractivity contribution < 1.29 is 43.7 Å². The van der Waals surface area contributed by atoms with E-state index in [-0.39, 0.29) is 29.6 Å². The van der Waals surface area contributed by atoms with Gasteiger partial charge in [0, 0.05) is 0 Å². The number of aliphatic carboxylic acids is 2. The Morgan fingerprint density at radius 1 is 0.867 bits per heavy atom. The molecule has 11 heteroatoms. The van der Waals surface area contributed by atoms with E-state index in [0.29, 0.717) is 0 Å². The average Bonchev–Trinajstić information content (AvgIpc) is 2.03. The van der Waals surface area contributed by atoms with Crippen LogP contribution in [0, 0.1) is 0 Å². The van der Waals surface area contributed by atoms with Crippen LogP contribution in [0.3, 0.4) is 0 Å². The summed E-state index contributed by atoms with van der Waals surface area (Å²) < 4.78 is 7.09. The van der Waals surface area contributed by atoms with Gasteiger partial charge in [0.2, 0.25) is 0 Å². The molecule has 0 aliphatic rings. The van der Waals surface area contributed by atoms with Crippen molar-refractivity contribution in [3.05, 3.63) is 0 Å². The summed E-state index contributed by atoms with van der Waals surface area (Å²) in [4.78, 5) is 40.0. The Hall–Kier alpha value is -1.10. The fourth-order valence-corrected chi connectivity index (χ4v) is 0.308. The van der Waals surface area contributed by atoms with Crippen molar-refractivity contribution in [3.63, 3.8) is 0 Å². The zero-order chi connectivity index (χ0) is 11.3. The molecule has 0 aromatic rings. The molecule has 0 aromatic heterocycles. The predicted octanol–water partition coefficient (Wildman–Crippen LogP) is -3.43. The van der Waals surface area contributed by atoms with Crippen LogP contribution >= 0.6 is 0 Å². The van der Waals surface area contributed by atoms with Gasteiger partial charge in [-0.05, 0) is 0 Å². The molecule has 0 fully saturated rings. The molecule has 0 bridgehead atoms. The van der Waals surface area contributed by atoms with Crippen LogP contribution in [0.15, 0.2) is 0 Å². The quantitative estimate of drug-likeness (QED) is 0.325. The summed E-state index contributed by atoms with van der Waals surface area (Å²) in [6.45, 7) is 0. The molecular weight excluding hydrogens is 226 g/mol. The molecule has 0 aliphatic heterocycles. The van der Waals surface area contributed by atoms with Gasteiger partial charge in [0.25, 0.3) is 0 Å². The number of hydrogen-bond acceptors (Lipinski definition) is 7. The summed E-state index contributed by atoms with van der Waals surface area (Å²) in [6.07, 6.45) is 0. The van der Waals surface area contributed by atoms with Gasteiger partial charge in [-0.3, -0.25) is 0 Å². The van der Waals surface area contributed by atoms with Crippen molar-refractivity contribution in [1.82, 2.24) is 0 Å². The van der Waals surface area contributed by atoms with Crippen molar-refractivity contribution in [2.75, 3.05) is 0 Å². The molecule has 0 saturated heterocycles. The van der Waals surface area contributed by atoms with Gasteiger partial charge in [0.15, 0.2) is 0 Å². The molecule has 0 unspecified atom stereocenters. The van der Waals surface area contributed by atoms with E-state index in [4.69, 9.17) is 15.2 Å². The summed E-state index contributed by atoms with van der Waals surface area (Å²) in [5.41, 5.74) is 0. The molecule has 0 aliphatic carbocycles. The van der Waals surface area contributed by atoms with Crippen LogP contribution in [-0.4, -0.2) is 76.0 Å². The number of carbonyl (C=O) groups is 4. The first-order chi connectivity index (χ1) is 6.34. The minimum absolute atomic E-state index is 0. The minimum atomic E-state index is -2.57. The van der Waals surface area contributed by atoms with Gasteiger partial charge >= 0.3 is 60.8 Å². The van der Waals surface area contributed by atoms with Crippen molar-refractivity contribution >= 4 is 60.8 Å². The molecular formula is C4H4BNaO9. The fourth-order valence-electron chi connectivity index (χ4n) is 0.308. The van der Waals surface area contributed by atoms with Crippen LogP contribution in [-0.2, 0) is 28.5 Å². The second kappa shape index (κ2) is 7.23. The molecule has 0 radical (unpaired) electrons. The number of carbonyl (C=O) groups excluding carboxylic acids is 2. The summed E-state index contributed by atoms with van der Waals surface area (Å²) in [5.74, 6) is -7.85. The molecule has 9 nitrogen and oxygen atoms in total. The maximum atomic E-state index is 10.2. The standard InChI is InChI=1S/C4H3BO9.Na.H/c6-1(7)3(10)13-5(12)14-4(11)2(8)9;;/h12H,(H,6,7)(H,8,9);;. The number of carboxylic acid groups (broad SMARTS) is 2. The topological polar surface area (TPSA) is 147 Å². The third-order valence-corrected chi connectivity index (χ3v) is 0.765. The van der Waals surface area contributed by atoms with Gasteiger partial charge in [-0.1, -0.05) is 0 Å². The molecule has 15 heavy (non-hydrogen) atoms. The third kappa shape index (κ3) is 6.91. The van der Waals surface area contributed by atoms with E-state index in [1.165, 1.54) is 0 Å². The van der Waals surface area contributed by atoms with E-state index >= 15 is 0 Å². The van der Waals surface area contributed by atoms with E-state index in [0.717, 1.165) is 0 Å². The Kier molecular flexibility index (Phi) is 7.88. The molecule has 0 saturated carbocycles. The van der Waals surface area contributed by atoms with Crippen LogP contribution in [0.25, 0.3) is 0 Å². The van der Waals surface area contributed by atoms with E-state index in [2.05, 4.69) is 9.31 Å². The van der Waals surface area contributed by atoms with E-state index in [1.54, 1.807) is 0 Å². The van der Waals surface area contributed by atoms with Crippen LogP contribution < -0.4 is 0 Å². The Morgan fingerprint density at radius 3 is 1.33 bits per heavy atom. The molecule has 0 heterocycles. The molecule has 0 atom stereocenters. The molecule has 0 aromatic carbocycles. The average molecular weight is 230 g/mol. The number of carboxylic acids is 2. The second-order valence-electron chi connectivity index (χ2n) is 1.73. The monoisotopic (exact) mass is 230 g/mol. The van der Waals surface area contributed by atoms with E-state index in [1.807, 2.05) is 0 Å². The SMILES string of the molecule is O=C(O)C(=O)OB(O)OC(=O)C(=O)O.[NaH]. The van der Waals surface area contributed by atoms with Gasteiger partial charge in [0.1, 0.15) is 0 Å². The first-order valence-electron chi connectivity index (χ1n) is 2.90. The molecule has 78 valence electrons. The Balaban J connectivity index is 0. The van der Waals surface area contributed by atoms with Gasteiger partial charge in [0.05, 0.1) is 0 Å². The molecule has 3 N–H and O–H groups in total. The molecule has 0 rings (SSSR count). The van der Waals surface area contributed by atoms with Crippen LogP contribution in [0.5, 0.6) is 0 Å². The second-order valence-corrected chi connectivity index (χ2v) is 1.73. The van der Waals surface area contributed by atoms with Crippen LogP contribution in [0.2, 0.25) is 0 Å². The fraction of sp³-hybridized carbons (Fsp3) is 0. The third-order valence-electron chi connectivity index (χ3n) is 0.765. The van der Waals surface area contributed by atoms with Crippen molar-refractivity contribution in [3.8, 4) is 0 Å². The first kappa shape index (κ1) is 16.3. The summed E-state index contributed by atoms with van der Waals surface area (Å²) in [5, 5.41) is 24.3. The van der Waals surface area contributed by atoms with Crippen LogP contribution in [0.1, 0.15) is 0 Å². The predicted molar refractivity (Wildman–Crippen MR) is 42.6 cm³/mol. The number of rotatable bonds is 2. The maximum absolute atomic E-state index is 10.2. The zero-order valence-electron chi connectivity index (χ0n) is 6.37. The van der Waals surface area contributed by atoms with Gasteiger partial charge in [-0.2, -0.15) is 0 Å². The zero-order valence-corrected chi connectivity index (χ0v) is 6.37. The van der Waals surface area contributed by atoms with Crippen molar-refractivity contribution in [2.24, 2.45) is 0 Å². The molecule has 0 amide bonds. The normalized spacial score (nSPS) is 8.07. The first-order valence-corrected chi connectivity index (χ1v) is 2.90. The van der Waals surface area contributed by atoms with Gasteiger partial charge < -0.3 is 24.5 Å². The van der Waals surface area contributed by atoms with Crippen molar-refractivity contribution in [2.45, 2.75) is 0 Å². The summed E-state index contributed by atoms with van der Waals surface area (Å²) in [7, 11) is -2.57. The Labute approximate surface area is 104 Å². The van der Waals surface area contributed by atoms with Crippen molar-refractivity contribution in [1.29, 1.82) is 0 Å². The summed E-state index contributed by atoms with van der Waals surface area (Å²) in [6, 6.07) is 0. The molecule has 0 spiro atoms. The van der Waals surface area contributed by atoms with E-state index in [9.17, 15) is 19.2 Å². The van der Waals surface area contributed by atoms with E-state index < -0.39 is 31.2 Å². The Bertz CT molecular complexity index is 260. The number of hydrogen-bond donors (Lipinski definition) is 3. The summed E-state index contributed by atoms with van der Waals surface area (Å²) >= 11 is 0. The van der Waals surface area contributed by atoms with Gasteiger partial charge in [-0.15, -0.1) is 0 Å². The van der Waals surface area contributed by atoms with Crippen LogP contribution in [0.4, 0.5) is 0 Å².